The van der Waals surface area contributed by atoms with Gasteiger partial charge in [-0.15, -0.1) is 10.2 Å². The molecule has 3 rings (SSSR count). The maximum absolute atomic E-state index is 12.6. The number of hydrogen-bond donors (Lipinski definition) is 1. The lowest BCUT2D eigenvalue weighted by Gasteiger charge is -2.10. The molecular formula is C13H9Cl3N4O2S. The minimum absolute atomic E-state index is 0.0297. The molecule has 120 valence electrons. The van der Waals surface area contributed by atoms with Gasteiger partial charge in [0.05, 0.1) is 10.0 Å². The zero-order valence-electron chi connectivity index (χ0n) is 11.6. The molecule has 0 saturated carbocycles. The highest BCUT2D eigenvalue weighted by atomic mass is 35.5. The fourth-order valence-electron chi connectivity index (χ4n) is 2.02. The van der Waals surface area contributed by atoms with Gasteiger partial charge in [0.15, 0.2) is 5.65 Å². The summed E-state index contributed by atoms with van der Waals surface area (Å²) in [6.07, 6.45) is 1.66. The van der Waals surface area contributed by atoms with Crippen molar-refractivity contribution in [3.05, 3.63) is 51.1 Å². The highest BCUT2D eigenvalue weighted by Crippen LogP contribution is 2.33. The lowest BCUT2D eigenvalue weighted by atomic mass is 10.3. The number of rotatable bonds is 3. The number of halogens is 3. The molecule has 0 bridgehead atoms. The van der Waals surface area contributed by atoms with Crippen LogP contribution in [0.25, 0.3) is 5.65 Å². The van der Waals surface area contributed by atoms with E-state index in [0.717, 1.165) is 5.56 Å². The zero-order valence-corrected chi connectivity index (χ0v) is 14.7. The molecule has 0 unspecified atom stereocenters. The SMILES string of the molecule is Cc1ccn2c(NS(=O)(=O)c3c(Cl)cc(Cl)cc3Cl)nnc2c1. The summed E-state index contributed by atoms with van der Waals surface area (Å²) in [7, 11) is -4.06. The van der Waals surface area contributed by atoms with E-state index >= 15 is 0 Å². The lowest BCUT2D eigenvalue weighted by molar-refractivity contribution is 0.601. The number of nitrogens with one attached hydrogen (secondary N) is 1. The second-order valence-electron chi connectivity index (χ2n) is 4.76. The van der Waals surface area contributed by atoms with Gasteiger partial charge in [-0.05, 0) is 36.8 Å². The molecule has 0 aliphatic carbocycles. The number of anilines is 1. The average Bonchev–Trinajstić information content (AvgIpc) is 2.78. The molecule has 6 nitrogen and oxygen atoms in total. The average molecular weight is 392 g/mol. The summed E-state index contributed by atoms with van der Waals surface area (Å²) >= 11 is 17.7. The fourth-order valence-corrected chi connectivity index (χ4v) is 4.56. The smallest absolute Gasteiger partial charge is 0.267 e. The largest absolute Gasteiger partial charge is 0.268 e. The van der Waals surface area contributed by atoms with Crippen LogP contribution in [0, 0.1) is 6.92 Å². The molecule has 3 aromatic rings. The molecular weight excluding hydrogens is 383 g/mol. The summed E-state index contributed by atoms with van der Waals surface area (Å²) in [4.78, 5) is -0.269. The minimum atomic E-state index is -4.06. The first-order valence-corrected chi connectivity index (χ1v) is 8.88. The Bertz CT molecular complexity index is 994. The van der Waals surface area contributed by atoms with Crippen molar-refractivity contribution in [1.82, 2.24) is 14.6 Å². The maximum atomic E-state index is 12.6. The van der Waals surface area contributed by atoms with Crippen LogP contribution in [-0.4, -0.2) is 23.0 Å². The standard InChI is InChI=1S/C13H9Cl3N4O2S/c1-7-2-3-20-11(4-7)17-18-13(20)19-23(21,22)12-9(15)5-8(14)6-10(12)16/h2-6H,1H3,(H,18,19). The van der Waals surface area contributed by atoms with Gasteiger partial charge in [-0.3, -0.25) is 4.40 Å². The quantitative estimate of drug-likeness (QED) is 0.737. The van der Waals surface area contributed by atoms with E-state index in [0.29, 0.717) is 5.65 Å². The molecule has 0 fully saturated rings. The molecule has 1 N–H and O–H groups in total. The summed E-state index contributed by atoms with van der Waals surface area (Å²) in [5.41, 5.74) is 1.49. The Morgan fingerprint density at radius 1 is 1.09 bits per heavy atom. The third kappa shape index (κ3) is 3.10. The van der Waals surface area contributed by atoms with Crippen LogP contribution in [0.15, 0.2) is 35.4 Å². The van der Waals surface area contributed by atoms with E-state index in [4.69, 9.17) is 34.8 Å². The highest BCUT2D eigenvalue weighted by Gasteiger charge is 2.24. The van der Waals surface area contributed by atoms with Crippen LogP contribution in [-0.2, 0) is 10.0 Å². The second kappa shape index (κ2) is 5.83. The normalized spacial score (nSPS) is 11.8. The van der Waals surface area contributed by atoms with Crippen molar-refractivity contribution in [2.24, 2.45) is 0 Å². The number of fused-ring (bicyclic) bond motifs is 1. The molecule has 0 amide bonds. The Kier molecular flexibility index (Phi) is 4.14. The van der Waals surface area contributed by atoms with Gasteiger partial charge in [-0.1, -0.05) is 34.8 Å². The predicted molar refractivity (Wildman–Crippen MR) is 90.0 cm³/mol. The van der Waals surface area contributed by atoms with Crippen molar-refractivity contribution in [3.63, 3.8) is 0 Å². The van der Waals surface area contributed by atoms with E-state index in [1.807, 2.05) is 6.92 Å². The van der Waals surface area contributed by atoms with Gasteiger partial charge in [0.25, 0.3) is 10.0 Å². The molecule has 0 saturated heterocycles. The molecule has 0 aliphatic rings. The van der Waals surface area contributed by atoms with Gasteiger partial charge >= 0.3 is 0 Å². The number of hydrogen-bond acceptors (Lipinski definition) is 4. The Morgan fingerprint density at radius 2 is 1.74 bits per heavy atom. The fraction of sp³-hybridized carbons (Fsp3) is 0.0769. The number of aromatic nitrogens is 3. The van der Waals surface area contributed by atoms with Gasteiger partial charge in [0, 0.05) is 11.2 Å². The van der Waals surface area contributed by atoms with Crippen LogP contribution in [0.4, 0.5) is 5.95 Å². The van der Waals surface area contributed by atoms with Crippen LogP contribution in [0.2, 0.25) is 15.1 Å². The highest BCUT2D eigenvalue weighted by molar-refractivity contribution is 7.93. The van der Waals surface area contributed by atoms with Gasteiger partial charge in [-0.2, -0.15) is 0 Å². The number of pyridine rings is 1. The monoisotopic (exact) mass is 390 g/mol. The van der Waals surface area contributed by atoms with E-state index in [-0.39, 0.29) is 25.9 Å². The molecule has 0 radical (unpaired) electrons. The number of benzene rings is 1. The second-order valence-corrected chi connectivity index (χ2v) is 7.63. The number of sulfonamides is 1. The van der Waals surface area contributed by atoms with E-state index in [9.17, 15) is 8.42 Å². The van der Waals surface area contributed by atoms with E-state index in [1.54, 1.807) is 18.3 Å². The zero-order chi connectivity index (χ0) is 16.8. The summed E-state index contributed by atoms with van der Waals surface area (Å²) in [6, 6.07) is 6.17. The summed E-state index contributed by atoms with van der Waals surface area (Å²) < 4.78 is 28.9. The van der Waals surface area contributed by atoms with Gasteiger partial charge < -0.3 is 0 Å². The van der Waals surface area contributed by atoms with E-state index < -0.39 is 10.0 Å². The van der Waals surface area contributed by atoms with Crippen molar-refractivity contribution in [3.8, 4) is 0 Å². The van der Waals surface area contributed by atoms with E-state index in [1.165, 1.54) is 16.5 Å². The lowest BCUT2D eigenvalue weighted by Crippen LogP contribution is -2.16. The van der Waals surface area contributed by atoms with Crippen LogP contribution >= 0.6 is 34.8 Å². The van der Waals surface area contributed by atoms with Crippen molar-refractivity contribution < 1.29 is 8.42 Å². The van der Waals surface area contributed by atoms with Crippen molar-refractivity contribution in [2.45, 2.75) is 11.8 Å². The van der Waals surface area contributed by atoms with Crippen molar-refractivity contribution in [2.75, 3.05) is 4.72 Å². The van der Waals surface area contributed by atoms with E-state index in [2.05, 4.69) is 14.9 Å². The molecule has 2 aromatic heterocycles. The predicted octanol–water partition coefficient (Wildman–Crippen LogP) is 3.80. The van der Waals surface area contributed by atoms with Crippen LogP contribution in [0.5, 0.6) is 0 Å². The first-order chi connectivity index (χ1) is 10.8. The molecule has 0 atom stereocenters. The topological polar surface area (TPSA) is 76.4 Å². The first-order valence-electron chi connectivity index (χ1n) is 6.27. The first kappa shape index (κ1) is 16.3. The van der Waals surface area contributed by atoms with Gasteiger partial charge in [-0.25, -0.2) is 13.1 Å². The van der Waals surface area contributed by atoms with Gasteiger partial charge in [0.1, 0.15) is 4.90 Å². The molecule has 1 aromatic carbocycles. The Morgan fingerprint density at radius 3 is 2.39 bits per heavy atom. The summed E-state index contributed by atoms with van der Waals surface area (Å²) in [5.74, 6) is 0.0297. The van der Waals surface area contributed by atoms with Crippen molar-refractivity contribution in [1.29, 1.82) is 0 Å². The molecule has 23 heavy (non-hydrogen) atoms. The molecule has 0 aliphatic heterocycles. The molecule has 2 heterocycles. The van der Waals surface area contributed by atoms with Crippen LogP contribution in [0.1, 0.15) is 5.56 Å². The third-order valence-corrected chi connectivity index (χ3v) is 5.49. The van der Waals surface area contributed by atoms with Crippen molar-refractivity contribution >= 4 is 56.4 Å². The molecule has 0 spiro atoms. The van der Waals surface area contributed by atoms with Crippen LogP contribution < -0.4 is 4.72 Å². The Balaban J connectivity index is 2.07. The molecule has 10 heteroatoms. The maximum Gasteiger partial charge on any atom is 0.267 e. The van der Waals surface area contributed by atoms with Crippen LogP contribution in [0.3, 0.4) is 0 Å². The Hall–Kier alpha value is -1.54. The number of nitrogens with zero attached hydrogens (tertiary/aromatic N) is 3. The van der Waals surface area contributed by atoms with Gasteiger partial charge in [0.2, 0.25) is 5.95 Å². The number of aryl methyl sites for hydroxylation is 1. The summed E-state index contributed by atoms with van der Waals surface area (Å²) in [5, 5.41) is 7.82. The minimum Gasteiger partial charge on any atom is -0.268 e. The summed E-state index contributed by atoms with van der Waals surface area (Å²) in [6.45, 7) is 1.89. The Labute approximate surface area is 147 Å². The third-order valence-electron chi connectivity index (χ3n) is 3.02.